The minimum atomic E-state index is -3.24. The van der Waals surface area contributed by atoms with E-state index < -0.39 is 10.0 Å². The molecule has 1 rings (SSSR count). The summed E-state index contributed by atoms with van der Waals surface area (Å²) in [5.74, 6) is 0.746. The lowest BCUT2D eigenvalue weighted by atomic mass is 10.2. The van der Waals surface area contributed by atoms with Crippen molar-refractivity contribution in [3.05, 3.63) is 35.4 Å². The molecule has 0 aliphatic rings. The molecule has 0 spiro atoms. The van der Waals surface area contributed by atoms with Gasteiger partial charge in [-0.25, -0.2) is 12.7 Å². The van der Waals surface area contributed by atoms with Crippen molar-refractivity contribution in [1.29, 1.82) is 0 Å². The van der Waals surface area contributed by atoms with Gasteiger partial charge in [-0.3, -0.25) is 0 Å². The molecule has 0 aliphatic heterocycles. The predicted octanol–water partition coefficient (Wildman–Crippen LogP) is 2.84. The minimum Gasteiger partial charge on any atom is -0.212 e. The molecule has 0 amide bonds. The first-order valence-electron chi connectivity index (χ1n) is 5.93. The second kappa shape index (κ2) is 6.55. The fourth-order valence-corrected chi connectivity index (χ4v) is 3.26. The van der Waals surface area contributed by atoms with Crippen LogP contribution >= 0.6 is 11.6 Å². The topological polar surface area (TPSA) is 37.4 Å². The van der Waals surface area contributed by atoms with Crippen molar-refractivity contribution in [2.75, 3.05) is 13.6 Å². The third kappa shape index (κ3) is 4.59. The Morgan fingerprint density at radius 3 is 2.44 bits per heavy atom. The normalized spacial score (nSPS) is 12.3. The third-order valence-corrected chi connectivity index (χ3v) is 4.70. The SMILES string of the molecule is CC(C)CN(C)S(=O)(=O)Cc1cccc(CCl)c1. The Balaban J connectivity index is 2.81. The summed E-state index contributed by atoms with van der Waals surface area (Å²) in [6.45, 7) is 4.54. The quantitative estimate of drug-likeness (QED) is 0.755. The molecule has 1 aromatic carbocycles. The first-order valence-corrected chi connectivity index (χ1v) is 8.07. The van der Waals surface area contributed by atoms with Crippen molar-refractivity contribution >= 4 is 21.6 Å². The average molecular weight is 290 g/mol. The van der Waals surface area contributed by atoms with Crippen molar-refractivity contribution in [2.24, 2.45) is 5.92 Å². The Morgan fingerprint density at radius 1 is 1.28 bits per heavy atom. The number of sulfonamides is 1. The Kier molecular flexibility index (Phi) is 5.63. The molecule has 18 heavy (non-hydrogen) atoms. The maximum Gasteiger partial charge on any atom is 0.218 e. The summed E-state index contributed by atoms with van der Waals surface area (Å²) in [5.41, 5.74) is 1.72. The highest BCUT2D eigenvalue weighted by Crippen LogP contribution is 2.14. The highest BCUT2D eigenvalue weighted by Gasteiger charge is 2.19. The maximum absolute atomic E-state index is 12.1. The predicted molar refractivity (Wildman–Crippen MR) is 76.1 cm³/mol. The zero-order valence-corrected chi connectivity index (χ0v) is 12.6. The van der Waals surface area contributed by atoms with Gasteiger partial charge in [0.25, 0.3) is 0 Å². The summed E-state index contributed by atoms with van der Waals surface area (Å²) < 4.78 is 25.7. The van der Waals surface area contributed by atoms with E-state index in [1.165, 1.54) is 4.31 Å². The minimum absolute atomic E-state index is 0.0287. The van der Waals surface area contributed by atoms with Crippen LogP contribution in [0.5, 0.6) is 0 Å². The van der Waals surface area contributed by atoms with E-state index in [-0.39, 0.29) is 5.75 Å². The number of nitrogens with zero attached hydrogens (tertiary/aromatic N) is 1. The number of hydrogen-bond acceptors (Lipinski definition) is 2. The first kappa shape index (κ1) is 15.5. The Hall–Kier alpha value is -0.580. The lowest BCUT2D eigenvalue weighted by Crippen LogP contribution is -2.31. The van der Waals surface area contributed by atoms with Gasteiger partial charge >= 0.3 is 0 Å². The van der Waals surface area contributed by atoms with Crippen LogP contribution in [0.1, 0.15) is 25.0 Å². The summed E-state index contributed by atoms with van der Waals surface area (Å²) in [6, 6.07) is 7.39. The van der Waals surface area contributed by atoms with E-state index in [2.05, 4.69) is 0 Å². The third-order valence-electron chi connectivity index (χ3n) is 2.59. The van der Waals surface area contributed by atoms with Gasteiger partial charge in [0.1, 0.15) is 0 Å². The number of halogens is 1. The molecule has 3 nitrogen and oxygen atoms in total. The summed E-state index contributed by atoms with van der Waals surface area (Å²) >= 11 is 5.74. The molecule has 0 atom stereocenters. The first-order chi connectivity index (χ1) is 8.35. The number of alkyl halides is 1. The largest absolute Gasteiger partial charge is 0.218 e. The highest BCUT2D eigenvalue weighted by molar-refractivity contribution is 7.88. The summed E-state index contributed by atoms with van der Waals surface area (Å²) in [5, 5.41) is 0. The molecular formula is C13H20ClNO2S. The van der Waals surface area contributed by atoms with Crippen molar-refractivity contribution in [3.8, 4) is 0 Å². The second-order valence-electron chi connectivity index (χ2n) is 4.88. The van der Waals surface area contributed by atoms with E-state index >= 15 is 0 Å². The van der Waals surface area contributed by atoms with Crippen LogP contribution in [0.4, 0.5) is 0 Å². The van der Waals surface area contributed by atoms with E-state index in [0.29, 0.717) is 18.3 Å². The molecule has 5 heteroatoms. The van der Waals surface area contributed by atoms with E-state index in [1.807, 2.05) is 38.1 Å². The van der Waals surface area contributed by atoms with Crippen molar-refractivity contribution in [3.63, 3.8) is 0 Å². The zero-order valence-electron chi connectivity index (χ0n) is 11.1. The van der Waals surface area contributed by atoms with Crippen LogP contribution in [0.15, 0.2) is 24.3 Å². The molecule has 0 aliphatic carbocycles. The van der Waals surface area contributed by atoms with E-state index in [1.54, 1.807) is 7.05 Å². The number of rotatable bonds is 6. The molecule has 0 saturated carbocycles. The van der Waals surface area contributed by atoms with Crippen molar-refractivity contribution < 1.29 is 8.42 Å². The van der Waals surface area contributed by atoms with Crippen LogP contribution in [0.3, 0.4) is 0 Å². The molecule has 0 aromatic heterocycles. The molecule has 102 valence electrons. The molecule has 0 radical (unpaired) electrons. The van der Waals surface area contributed by atoms with Gasteiger partial charge in [0.15, 0.2) is 0 Å². The summed E-state index contributed by atoms with van der Waals surface area (Å²) in [7, 11) is -1.62. The lowest BCUT2D eigenvalue weighted by Gasteiger charge is -2.19. The maximum atomic E-state index is 12.1. The van der Waals surface area contributed by atoms with E-state index in [4.69, 9.17) is 11.6 Å². The van der Waals surface area contributed by atoms with Crippen LogP contribution in [0.25, 0.3) is 0 Å². The average Bonchev–Trinajstić information content (AvgIpc) is 2.27. The smallest absolute Gasteiger partial charge is 0.212 e. The van der Waals surface area contributed by atoms with Crippen LogP contribution in [-0.2, 0) is 21.7 Å². The van der Waals surface area contributed by atoms with Crippen LogP contribution in [0, 0.1) is 5.92 Å². The molecular weight excluding hydrogens is 270 g/mol. The van der Waals surface area contributed by atoms with E-state index in [0.717, 1.165) is 11.1 Å². The second-order valence-corrected chi connectivity index (χ2v) is 7.23. The van der Waals surface area contributed by atoms with Gasteiger partial charge in [0.2, 0.25) is 10.0 Å². The zero-order chi connectivity index (χ0) is 13.8. The molecule has 0 N–H and O–H groups in total. The highest BCUT2D eigenvalue weighted by atomic mass is 35.5. The molecule has 0 fully saturated rings. The molecule has 0 heterocycles. The number of hydrogen-bond donors (Lipinski definition) is 0. The Labute approximate surface area is 115 Å². The number of benzene rings is 1. The van der Waals surface area contributed by atoms with Crippen LogP contribution < -0.4 is 0 Å². The Morgan fingerprint density at radius 2 is 1.89 bits per heavy atom. The van der Waals surface area contributed by atoms with Gasteiger partial charge in [0.05, 0.1) is 5.75 Å². The lowest BCUT2D eigenvalue weighted by molar-refractivity contribution is 0.416. The van der Waals surface area contributed by atoms with Gasteiger partial charge in [-0.05, 0) is 17.0 Å². The van der Waals surface area contributed by atoms with Crippen LogP contribution in [-0.4, -0.2) is 26.3 Å². The fourth-order valence-electron chi connectivity index (χ4n) is 1.75. The fraction of sp³-hybridized carbons (Fsp3) is 0.538. The van der Waals surface area contributed by atoms with Gasteiger partial charge in [-0.15, -0.1) is 11.6 Å². The molecule has 1 aromatic rings. The monoisotopic (exact) mass is 289 g/mol. The standard InChI is InChI=1S/C13H20ClNO2S/c1-11(2)9-15(3)18(16,17)10-13-6-4-5-12(7-13)8-14/h4-7,11H,8-10H2,1-3H3. The van der Waals surface area contributed by atoms with Crippen molar-refractivity contribution in [1.82, 2.24) is 4.31 Å². The molecule has 0 unspecified atom stereocenters. The van der Waals surface area contributed by atoms with Crippen molar-refractivity contribution in [2.45, 2.75) is 25.5 Å². The summed E-state index contributed by atoms with van der Waals surface area (Å²) in [6.07, 6.45) is 0. The van der Waals surface area contributed by atoms with Gasteiger partial charge < -0.3 is 0 Å². The molecule has 0 bridgehead atoms. The molecule has 0 saturated heterocycles. The van der Waals surface area contributed by atoms with E-state index in [9.17, 15) is 8.42 Å². The Bertz CT molecular complexity index is 486. The van der Waals surface area contributed by atoms with Gasteiger partial charge in [-0.2, -0.15) is 0 Å². The van der Waals surface area contributed by atoms with Crippen LogP contribution in [0.2, 0.25) is 0 Å². The van der Waals surface area contributed by atoms with Gasteiger partial charge in [0, 0.05) is 19.5 Å². The summed E-state index contributed by atoms with van der Waals surface area (Å²) in [4.78, 5) is 0. The van der Waals surface area contributed by atoms with Gasteiger partial charge in [-0.1, -0.05) is 38.1 Å².